The van der Waals surface area contributed by atoms with Crippen molar-refractivity contribution in [2.75, 3.05) is 0 Å². The van der Waals surface area contributed by atoms with Gasteiger partial charge in [-0.2, -0.15) is 0 Å². The van der Waals surface area contributed by atoms with Crippen molar-refractivity contribution in [1.29, 1.82) is 0 Å². The number of nitrogens with one attached hydrogen (secondary N) is 1. The van der Waals surface area contributed by atoms with E-state index < -0.39 is 5.97 Å². The lowest BCUT2D eigenvalue weighted by molar-refractivity contribution is -0.141. The monoisotopic (exact) mass is 317 g/mol. The fourth-order valence-corrected chi connectivity index (χ4v) is 3.60. The smallest absolute Gasteiger partial charge is 0.306 e. The van der Waals surface area contributed by atoms with Gasteiger partial charge in [0.2, 0.25) is 5.91 Å². The maximum atomic E-state index is 12.6. The van der Waals surface area contributed by atoms with Crippen LogP contribution in [-0.2, 0) is 15.0 Å². The molecule has 126 valence electrons. The predicted molar refractivity (Wildman–Crippen MR) is 90.2 cm³/mol. The molecule has 0 heterocycles. The van der Waals surface area contributed by atoms with Crippen LogP contribution in [0.5, 0.6) is 0 Å². The molecule has 0 radical (unpaired) electrons. The Hall–Kier alpha value is -1.84. The fraction of sp³-hybridized carbons (Fsp3) is 0.579. The Morgan fingerprint density at radius 3 is 2.35 bits per heavy atom. The van der Waals surface area contributed by atoms with Crippen LogP contribution in [0.2, 0.25) is 0 Å². The predicted octanol–water partition coefficient (Wildman–Crippen LogP) is 3.36. The van der Waals surface area contributed by atoms with Crippen LogP contribution in [0, 0.1) is 11.8 Å². The molecule has 0 aliphatic heterocycles. The maximum Gasteiger partial charge on any atom is 0.306 e. The molecule has 1 fully saturated rings. The average molecular weight is 317 g/mol. The summed E-state index contributed by atoms with van der Waals surface area (Å²) in [4.78, 5) is 23.6. The molecule has 0 spiro atoms. The third-order valence-corrected chi connectivity index (χ3v) is 5.27. The zero-order chi connectivity index (χ0) is 17.0. The molecule has 23 heavy (non-hydrogen) atoms. The van der Waals surface area contributed by atoms with Crippen molar-refractivity contribution in [3.63, 3.8) is 0 Å². The lowest BCUT2D eigenvalue weighted by Crippen LogP contribution is -2.48. The third kappa shape index (κ3) is 3.92. The van der Waals surface area contributed by atoms with E-state index in [9.17, 15) is 9.59 Å². The Morgan fingerprint density at radius 2 is 1.83 bits per heavy atom. The van der Waals surface area contributed by atoms with Crippen molar-refractivity contribution in [2.24, 2.45) is 11.8 Å². The molecule has 1 unspecified atom stereocenters. The molecule has 1 aliphatic carbocycles. The zero-order valence-corrected chi connectivity index (χ0v) is 14.2. The maximum absolute atomic E-state index is 12.6. The normalized spacial score (nSPS) is 22.6. The van der Waals surface area contributed by atoms with E-state index in [0.29, 0.717) is 19.3 Å². The van der Waals surface area contributed by atoms with E-state index in [-0.39, 0.29) is 29.2 Å². The molecule has 1 aromatic carbocycles. The molecular weight excluding hydrogens is 290 g/mol. The minimum Gasteiger partial charge on any atom is -0.481 e. The largest absolute Gasteiger partial charge is 0.481 e. The minimum absolute atomic E-state index is 0.00426. The summed E-state index contributed by atoms with van der Waals surface area (Å²) in [5, 5.41) is 12.3. The van der Waals surface area contributed by atoms with Gasteiger partial charge in [0.05, 0.1) is 5.92 Å². The number of carbonyl (C=O) groups is 2. The highest BCUT2D eigenvalue weighted by atomic mass is 16.4. The molecule has 1 saturated carbocycles. The highest BCUT2D eigenvalue weighted by Crippen LogP contribution is 2.33. The van der Waals surface area contributed by atoms with Gasteiger partial charge in [-0.3, -0.25) is 9.59 Å². The van der Waals surface area contributed by atoms with Gasteiger partial charge in [0.25, 0.3) is 0 Å². The zero-order valence-electron chi connectivity index (χ0n) is 14.2. The summed E-state index contributed by atoms with van der Waals surface area (Å²) in [5.74, 6) is -1.31. The fourth-order valence-electron chi connectivity index (χ4n) is 3.60. The highest BCUT2D eigenvalue weighted by molar-refractivity contribution is 5.81. The second kappa shape index (κ2) is 7.16. The third-order valence-electron chi connectivity index (χ3n) is 5.27. The summed E-state index contributed by atoms with van der Waals surface area (Å²) < 4.78 is 0. The Morgan fingerprint density at radius 1 is 1.22 bits per heavy atom. The minimum atomic E-state index is -0.781. The lowest BCUT2D eigenvalue weighted by Gasteiger charge is -2.35. The molecule has 0 bridgehead atoms. The van der Waals surface area contributed by atoms with E-state index >= 15 is 0 Å². The Kier molecular flexibility index (Phi) is 5.45. The Labute approximate surface area is 138 Å². The lowest BCUT2D eigenvalue weighted by atomic mass is 9.76. The van der Waals surface area contributed by atoms with Gasteiger partial charge in [-0.05, 0) is 31.2 Å². The average Bonchev–Trinajstić information content (AvgIpc) is 3.03. The van der Waals surface area contributed by atoms with Crippen molar-refractivity contribution in [3.05, 3.63) is 35.9 Å². The number of carboxylic acids is 1. The summed E-state index contributed by atoms with van der Waals surface area (Å²) in [5.41, 5.74) is 1.03. The van der Waals surface area contributed by atoms with Gasteiger partial charge in [-0.15, -0.1) is 0 Å². The molecule has 3 atom stereocenters. The van der Waals surface area contributed by atoms with Crippen LogP contribution in [0.25, 0.3) is 0 Å². The van der Waals surface area contributed by atoms with Crippen molar-refractivity contribution in [3.8, 4) is 0 Å². The van der Waals surface area contributed by atoms with E-state index in [0.717, 1.165) is 6.42 Å². The quantitative estimate of drug-likeness (QED) is 0.845. The van der Waals surface area contributed by atoms with E-state index in [1.807, 2.05) is 18.2 Å². The number of rotatable bonds is 6. The second-order valence-corrected chi connectivity index (χ2v) is 7.10. The number of aliphatic carboxylic acids is 1. The van der Waals surface area contributed by atoms with Gasteiger partial charge in [0, 0.05) is 17.4 Å². The van der Waals surface area contributed by atoms with Gasteiger partial charge in [0.1, 0.15) is 0 Å². The van der Waals surface area contributed by atoms with Crippen LogP contribution < -0.4 is 5.32 Å². The van der Waals surface area contributed by atoms with Crippen molar-refractivity contribution in [1.82, 2.24) is 5.32 Å². The van der Waals surface area contributed by atoms with Gasteiger partial charge in [-0.25, -0.2) is 0 Å². The van der Waals surface area contributed by atoms with Crippen LogP contribution in [0.15, 0.2) is 30.3 Å². The van der Waals surface area contributed by atoms with Crippen LogP contribution in [0.4, 0.5) is 0 Å². The summed E-state index contributed by atoms with van der Waals surface area (Å²) in [6.07, 6.45) is 2.57. The van der Waals surface area contributed by atoms with E-state index in [1.165, 1.54) is 5.56 Å². The van der Waals surface area contributed by atoms with Crippen LogP contribution in [0.1, 0.15) is 52.0 Å². The Balaban J connectivity index is 2.05. The first-order valence-corrected chi connectivity index (χ1v) is 8.45. The number of benzene rings is 1. The summed E-state index contributed by atoms with van der Waals surface area (Å²) >= 11 is 0. The molecule has 1 amide bonds. The van der Waals surface area contributed by atoms with Crippen LogP contribution in [-0.4, -0.2) is 23.0 Å². The van der Waals surface area contributed by atoms with Crippen molar-refractivity contribution in [2.45, 2.75) is 57.9 Å². The van der Waals surface area contributed by atoms with Gasteiger partial charge in [-0.1, -0.05) is 51.1 Å². The van der Waals surface area contributed by atoms with E-state index in [4.69, 9.17) is 5.11 Å². The second-order valence-electron chi connectivity index (χ2n) is 7.10. The van der Waals surface area contributed by atoms with Crippen LogP contribution >= 0.6 is 0 Å². The van der Waals surface area contributed by atoms with Gasteiger partial charge in [0.15, 0.2) is 0 Å². The molecule has 0 aromatic heterocycles. The van der Waals surface area contributed by atoms with Crippen molar-refractivity contribution >= 4 is 11.9 Å². The molecule has 1 aliphatic rings. The SMILES string of the molecule is CCC(NC(=O)[C@@H]1CC[C@H](C(=O)O)C1)C(C)(C)c1ccccc1. The van der Waals surface area contributed by atoms with Crippen molar-refractivity contribution < 1.29 is 14.7 Å². The topological polar surface area (TPSA) is 66.4 Å². The molecule has 4 nitrogen and oxygen atoms in total. The number of hydrogen-bond acceptors (Lipinski definition) is 2. The summed E-state index contributed by atoms with van der Waals surface area (Å²) in [6, 6.07) is 10.2. The van der Waals surface area contributed by atoms with Crippen LogP contribution in [0.3, 0.4) is 0 Å². The highest BCUT2D eigenvalue weighted by Gasteiger charge is 2.37. The first kappa shape index (κ1) is 17.5. The molecule has 1 aromatic rings. The van der Waals surface area contributed by atoms with Gasteiger partial charge < -0.3 is 10.4 Å². The first-order valence-electron chi connectivity index (χ1n) is 8.45. The standard InChI is InChI=1S/C19H27NO3/c1-4-16(19(2,3)15-8-6-5-7-9-15)20-17(21)13-10-11-14(12-13)18(22)23/h5-9,13-14,16H,4,10-12H2,1-3H3,(H,20,21)(H,22,23)/t13-,14+,16?/m1/s1. The Bertz CT molecular complexity index is 553. The summed E-state index contributed by atoms with van der Waals surface area (Å²) in [7, 11) is 0. The summed E-state index contributed by atoms with van der Waals surface area (Å²) in [6.45, 7) is 6.36. The molecular formula is C19H27NO3. The number of amides is 1. The number of carbonyl (C=O) groups excluding carboxylic acids is 1. The number of carboxylic acid groups (broad SMARTS) is 1. The molecule has 4 heteroatoms. The van der Waals surface area contributed by atoms with E-state index in [2.05, 4.69) is 38.2 Å². The molecule has 0 saturated heterocycles. The van der Waals surface area contributed by atoms with Gasteiger partial charge >= 0.3 is 5.97 Å². The first-order chi connectivity index (χ1) is 10.9. The molecule has 2 rings (SSSR count). The van der Waals surface area contributed by atoms with E-state index in [1.54, 1.807) is 0 Å². The number of hydrogen-bond donors (Lipinski definition) is 2. The molecule has 2 N–H and O–H groups in total.